The molecular formula is C18H31N3. The second kappa shape index (κ2) is 8.18. The molecule has 21 heavy (non-hydrogen) atoms. The van der Waals surface area contributed by atoms with Crippen molar-refractivity contribution >= 4 is 5.82 Å². The number of nitrogens with one attached hydrogen (secondary N) is 1. The van der Waals surface area contributed by atoms with Gasteiger partial charge >= 0.3 is 0 Å². The summed E-state index contributed by atoms with van der Waals surface area (Å²) in [5.74, 6) is 1.07. The Bertz CT molecular complexity index is 446. The van der Waals surface area contributed by atoms with E-state index >= 15 is 0 Å². The summed E-state index contributed by atoms with van der Waals surface area (Å²) in [4.78, 5) is 7.20. The summed E-state index contributed by atoms with van der Waals surface area (Å²) in [5, 5.41) is 3.41. The van der Waals surface area contributed by atoms with Gasteiger partial charge in [-0.2, -0.15) is 0 Å². The molecule has 1 N–H and O–H groups in total. The summed E-state index contributed by atoms with van der Waals surface area (Å²) in [6.45, 7) is 18.6. The van der Waals surface area contributed by atoms with Gasteiger partial charge in [-0.3, -0.25) is 0 Å². The van der Waals surface area contributed by atoms with Crippen LogP contribution < -0.4 is 10.2 Å². The van der Waals surface area contributed by atoms with Crippen molar-refractivity contribution in [3.8, 4) is 0 Å². The highest BCUT2D eigenvalue weighted by Crippen LogP contribution is 2.25. The van der Waals surface area contributed by atoms with Crippen molar-refractivity contribution in [3.63, 3.8) is 0 Å². The van der Waals surface area contributed by atoms with Gasteiger partial charge in [0.05, 0.1) is 0 Å². The van der Waals surface area contributed by atoms with Gasteiger partial charge in [-0.25, -0.2) is 4.98 Å². The Morgan fingerprint density at radius 1 is 1.29 bits per heavy atom. The van der Waals surface area contributed by atoms with Gasteiger partial charge in [0.25, 0.3) is 0 Å². The van der Waals surface area contributed by atoms with Gasteiger partial charge in [0.2, 0.25) is 0 Å². The van der Waals surface area contributed by atoms with Crippen LogP contribution in [-0.4, -0.2) is 24.6 Å². The Labute approximate surface area is 130 Å². The van der Waals surface area contributed by atoms with Crippen LogP contribution in [0.25, 0.3) is 0 Å². The van der Waals surface area contributed by atoms with Gasteiger partial charge in [0.15, 0.2) is 0 Å². The van der Waals surface area contributed by atoms with Gasteiger partial charge in [-0.15, -0.1) is 6.58 Å². The van der Waals surface area contributed by atoms with E-state index in [0.717, 1.165) is 44.1 Å². The van der Waals surface area contributed by atoms with Crippen molar-refractivity contribution in [2.45, 2.75) is 53.0 Å². The lowest BCUT2D eigenvalue weighted by molar-refractivity contribution is 0.565. The van der Waals surface area contributed by atoms with Crippen LogP contribution in [0.15, 0.2) is 24.8 Å². The highest BCUT2D eigenvalue weighted by Gasteiger charge is 2.18. The molecule has 3 nitrogen and oxygen atoms in total. The van der Waals surface area contributed by atoms with Gasteiger partial charge in [-0.1, -0.05) is 40.7 Å². The number of hydrogen-bond acceptors (Lipinski definition) is 3. The normalized spacial score (nSPS) is 11.5. The number of rotatable bonds is 8. The minimum atomic E-state index is 0.0586. The fourth-order valence-electron chi connectivity index (χ4n) is 2.21. The standard InChI is InChI=1S/C18H31N3/c1-7-10-21(11-8-2)17-13-15(14-19-9-3)12-16(20-17)18(4,5)6/h7,12-13,19H,1,8-11,14H2,2-6H3. The smallest absolute Gasteiger partial charge is 0.129 e. The van der Waals surface area contributed by atoms with E-state index in [-0.39, 0.29) is 5.41 Å². The topological polar surface area (TPSA) is 28.2 Å². The van der Waals surface area contributed by atoms with Gasteiger partial charge in [0, 0.05) is 30.7 Å². The average Bonchev–Trinajstić information content (AvgIpc) is 2.43. The molecule has 0 aliphatic carbocycles. The highest BCUT2D eigenvalue weighted by molar-refractivity contribution is 5.44. The number of aromatic nitrogens is 1. The van der Waals surface area contributed by atoms with E-state index in [9.17, 15) is 0 Å². The summed E-state index contributed by atoms with van der Waals surface area (Å²) in [6, 6.07) is 4.43. The van der Waals surface area contributed by atoms with Crippen molar-refractivity contribution in [1.82, 2.24) is 10.3 Å². The SMILES string of the molecule is C=CCN(CCC)c1cc(CNCC)cc(C(C)(C)C)n1. The molecule has 0 aromatic carbocycles. The van der Waals surface area contributed by atoms with Crippen molar-refractivity contribution in [3.05, 3.63) is 36.0 Å². The summed E-state index contributed by atoms with van der Waals surface area (Å²) < 4.78 is 0. The fourth-order valence-corrected chi connectivity index (χ4v) is 2.21. The van der Waals surface area contributed by atoms with Gasteiger partial charge < -0.3 is 10.2 Å². The first-order chi connectivity index (χ1) is 9.92. The van der Waals surface area contributed by atoms with Crippen LogP contribution in [0.1, 0.15) is 52.3 Å². The van der Waals surface area contributed by atoms with Crippen LogP contribution in [0.5, 0.6) is 0 Å². The molecule has 1 aromatic heterocycles. The van der Waals surface area contributed by atoms with Gasteiger partial charge in [0.1, 0.15) is 5.82 Å². The molecule has 0 atom stereocenters. The lowest BCUT2D eigenvalue weighted by Gasteiger charge is -2.26. The third-order valence-corrected chi connectivity index (χ3v) is 3.39. The van der Waals surface area contributed by atoms with E-state index in [1.165, 1.54) is 5.56 Å². The van der Waals surface area contributed by atoms with Crippen LogP contribution in [-0.2, 0) is 12.0 Å². The first-order valence-electron chi connectivity index (χ1n) is 8.00. The molecule has 1 aromatic rings. The monoisotopic (exact) mass is 289 g/mol. The highest BCUT2D eigenvalue weighted by atomic mass is 15.2. The molecule has 0 saturated heterocycles. The second-order valence-corrected chi connectivity index (χ2v) is 6.48. The average molecular weight is 289 g/mol. The predicted octanol–water partition coefficient (Wildman–Crippen LogP) is 3.89. The van der Waals surface area contributed by atoms with E-state index in [4.69, 9.17) is 4.98 Å². The van der Waals surface area contributed by atoms with Crippen LogP contribution in [0.2, 0.25) is 0 Å². The molecule has 3 heteroatoms. The Morgan fingerprint density at radius 2 is 2.00 bits per heavy atom. The minimum Gasteiger partial charge on any atom is -0.353 e. The first kappa shape index (κ1) is 17.7. The van der Waals surface area contributed by atoms with E-state index < -0.39 is 0 Å². The lowest BCUT2D eigenvalue weighted by Crippen LogP contribution is -2.27. The van der Waals surface area contributed by atoms with E-state index in [1.54, 1.807) is 0 Å². The van der Waals surface area contributed by atoms with Gasteiger partial charge in [-0.05, 0) is 30.7 Å². The Hall–Kier alpha value is -1.35. The maximum atomic E-state index is 4.90. The molecule has 118 valence electrons. The molecule has 0 unspecified atom stereocenters. The summed E-state index contributed by atoms with van der Waals surface area (Å²) >= 11 is 0. The predicted molar refractivity (Wildman–Crippen MR) is 93.0 cm³/mol. The quantitative estimate of drug-likeness (QED) is 0.736. The van der Waals surface area contributed by atoms with Crippen LogP contribution in [0.3, 0.4) is 0 Å². The molecule has 0 amide bonds. The zero-order valence-electron chi connectivity index (χ0n) is 14.4. The van der Waals surface area contributed by atoms with E-state index in [0.29, 0.717) is 0 Å². The molecule has 0 radical (unpaired) electrons. The summed E-state index contributed by atoms with van der Waals surface area (Å²) in [6.07, 6.45) is 3.06. The Kier molecular flexibility index (Phi) is 6.90. The molecular weight excluding hydrogens is 258 g/mol. The third-order valence-electron chi connectivity index (χ3n) is 3.39. The summed E-state index contributed by atoms with van der Waals surface area (Å²) in [5.41, 5.74) is 2.51. The maximum absolute atomic E-state index is 4.90. The lowest BCUT2D eigenvalue weighted by atomic mass is 9.90. The Morgan fingerprint density at radius 3 is 2.52 bits per heavy atom. The fraction of sp³-hybridized carbons (Fsp3) is 0.611. The zero-order chi connectivity index (χ0) is 15.9. The van der Waals surface area contributed by atoms with E-state index in [1.807, 2.05) is 6.08 Å². The molecule has 0 aliphatic rings. The number of anilines is 1. The second-order valence-electron chi connectivity index (χ2n) is 6.48. The Balaban J connectivity index is 3.18. The summed E-state index contributed by atoms with van der Waals surface area (Å²) in [7, 11) is 0. The van der Waals surface area contributed by atoms with E-state index in [2.05, 4.69) is 63.5 Å². The zero-order valence-corrected chi connectivity index (χ0v) is 14.4. The third kappa shape index (κ3) is 5.50. The molecule has 1 rings (SSSR count). The van der Waals surface area contributed by atoms with Crippen molar-refractivity contribution in [2.75, 3.05) is 24.5 Å². The number of nitrogens with zero attached hydrogens (tertiary/aromatic N) is 2. The molecule has 1 heterocycles. The molecule has 0 saturated carbocycles. The van der Waals surface area contributed by atoms with Crippen LogP contribution >= 0.6 is 0 Å². The first-order valence-corrected chi connectivity index (χ1v) is 8.00. The van der Waals surface area contributed by atoms with Crippen LogP contribution in [0.4, 0.5) is 5.82 Å². The number of pyridine rings is 1. The largest absolute Gasteiger partial charge is 0.353 e. The molecule has 0 spiro atoms. The van der Waals surface area contributed by atoms with Crippen molar-refractivity contribution in [2.24, 2.45) is 0 Å². The minimum absolute atomic E-state index is 0.0586. The van der Waals surface area contributed by atoms with Crippen LogP contribution in [0, 0.1) is 0 Å². The van der Waals surface area contributed by atoms with Crippen molar-refractivity contribution in [1.29, 1.82) is 0 Å². The maximum Gasteiger partial charge on any atom is 0.129 e. The molecule has 0 aliphatic heterocycles. The molecule has 0 bridgehead atoms. The van der Waals surface area contributed by atoms with Crippen molar-refractivity contribution < 1.29 is 0 Å². The number of hydrogen-bond donors (Lipinski definition) is 1. The molecule has 0 fully saturated rings.